The minimum atomic E-state index is -0.250. The summed E-state index contributed by atoms with van der Waals surface area (Å²) >= 11 is 0. The number of hydrogen-bond donors (Lipinski definition) is 1. The van der Waals surface area contributed by atoms with E-state index in [0.717, 1.165) is 76.9 Å². The Morgan fingerprint density at radius 2 is 1.81 bits per heavy atom. The van der Waals surface area contributed by atoms with Crippen LogP contribution in [-0.2, 0) is 25.5 Å². The summed E-state index contributed by atoms with van der Waals surface area (Å²) in [5.74, 6) is 1.32. The standard InChI is InChI=1S/C22H33N3O4.CH2O2/c1-27-21-5-3-2-4-19(21)12-22(26)25-14-18-13-24(15-20(25)17-29-16-18)7-6-23-8-10-28-11-9-23;2-1-3/h2-5,18,20H,6-17H2,1H3;1H,(H,2,3)/t18-,20-;/m0./s1. The third kappa shape index (κ3) is 6.90. The van der Waals surface area contributed by atoms with Gasteiger partial charge in [-0.05, 0) is 6.07 Å². The van der Waals surface area contributed by atoms with Crippen LogP contribution in [-0.4, -0.2) is 118 Å². The maximum Gasteiger partial charge on any atom is 0.290 e. The van der Waals surface area contributed by atoms with Crippen LogP contribution in [0.25, 0.3) is 0 Å². The summed E-state index contributed by atoms with van der Waals surface area (Å²) in [7, 11) is 1.66. The molecule has 3 fully saturated rings. The van der Waals surface area contributed by atoms with Gasteiger partial charge in [-0.2, -0.15) is 0 Å². The molecular weight excluding hydrogens is 414 g/mol. The number of rotatable bonds is 6. The average Bonchev–Trinajstić information content (AvgIpc) is 3.10. The lowest BCUT2D eigenvalue weighted by Crippen LogP contribution is -2.48. The summed E-state index contributed by atoms with van der Waals surface area (Å²) in [6.45, 7) is 9.62. The highest BCUT2D eigenvalue weighted by molar-refractivity contribution is 5.80. The Hall–Kier alpha value is -2.20. The Morgan fingerprint density at radius 1 is 1.09 bits per heavy atom. The van der Waals surface area contributed by atoms with Gasteiger partial charge in [0.1, 0.15) is 5.75 Å². The monoisotopic (exact) mass is 449 g/mol. The Kier molecular flexibility index (Phi) is 9.73. The molecule has 1 amide bonds. The summed E-state index contributed by atoms with van der Waals surface area (Å²) in [5.41, 5.74) is 0.948. The van der Waals surface area contributed by atoms with Gasteiger partial charge >= 0.3 is 0 Å². The van der Waals surface area contributed by atoms with Gasteiger partial charge in [0.2, 0.25) is 5.91 Å². The van der Waals surface area contributed by atoms with Crippen molar-refractivity contribution in [1.82, 2.24) is 14.7 Å². The molecule has 3 aliphatic rings. The van der Waals surface area contributed by atoms with Gasteiger partial charge in [-0.15, -0.1) is 0 Å². The number of carboxylic acid groups (broad SMARTS) is 1. The Labute approximate surface area is 189 Å². The van der Waals surface area contributed by atoms with Gasteiger partial charge in [0.05, 0.1) is 46.0 Å². The van der Waals surface area contributed by atoms with Crippen LogP contribution in [0, 0.1) is 5.92 Å². The van der Waals surface area contributed by atoms with Crippen molar-refractivity contribution < 1.29 is 28.9 Å². The largest absolute Gasteiger partial charge is 0.496 e. The molecule has 4 rings (SSSR count). The normalized spacial score (nSPS) is 24.1. The molecule has 1 aromatic rings. The van der Waals surface area contributed by atoms with Crippen molar-refractivity contribution in [1.29, 1.82) is 0 Å². The maximum atomic E-state index is 13.2. The number of methoxy groups -OCH3 is 1. The smallest absolute Gasteiger partial charge is 0.290 e. The zero-order valence-electron chi connectivity index (χ0n) is 18.9. The molecule has 0 spiro atoms. The first-order valence-corrected chi connectivity index (χ1v) is 11.2. The van der Waals surface area contributed by atoms with E-state index in [-0.39, 0.29) is 18.4 Å². The van der Waals surface area contributed by atoms with Crippen LogP contribution in [0.2, 0.25) is 0 Å². The molecule has 3 heterocycles. The molecule has 0 radical (unpaired) electrons. The summed E-state index contributed by atoms with van der Waals surface area (Å²) in [6, 6.07) is 7.91. The summed E-state index contributed by atoms with van der Waals surface area (Å²) in [5, 5.41) is 6.89. The van der Waals surface area contributed by atoms with E-state index in [4.69, 9.17) is 24.1 Å². The Morgan fingerprint density at radius 3 is 2.56 bits per heavy atom. The maximum absolute atomic E-state index is 13.2. The highest BCUT2D eigenvalue weighted by Gasteiger charge is 2.35. The number of carbonyl (C=O) groups excluding carboxylic acids is 1. The second-order valence-electron chi connectivity index (χ2n) is 8.41. The summed E-state index contributed by atoms with van der Waals surface area (Å²) in [6.07, 6.45) is 0.376. The number of para-hydroxylation sites is 1. The molecule has 9 heteroatoms. The molecule has 0 aromatic heterocycles. The number of carbonyl (C=O) groups is 2. The number of fused-ring (bicyclic) bond motifs is 3. The quantitative estimate of drug-likeness (QED) is 0.626. The molecule has 1 N–H and O–H groups in total. The second-order valence-corrected chi connectivity index (χ2v) is 8.41. The van der Waals surface area contributed by atoms with E-state index in [1.165, 1.54) is 0 Å². The van der Waals surface area contributed by atoms with Crippen molar-refractivity contribution in [2.75, 3.05) is 79.4 Å². The molecular formula is C23H35N3O6. The van der Waals surface area contributed by atoms with Gasteiger partial charge in [0.15, 0.2) is 0 Å². The van der Waals surface area contributed by atoms with Gasteiger partial charge < -0.3 is 24.2 Å². The number of morpholine rings is 1. The summed E-state index contributed by atoms with van der Waals surface area (Å²) < 4.78 is 16.8. The predicted octanol–water partition coefficient (Wildman–Crippen LogP) is 0.430. The van der Waals surface area contributed by atoms with Crippen molar-refractivity contribution >= 4 is 12.4 Å². The topological polar surface area (TPSA) is 91.8 Å². The van der Waals surface area contributed by atoms with Gasteiger partial charge in [-0.25, -0.2) is 0 Å². The Bertz CT molecular complexity index is 727. The lowest BCUT2D eigenvalue weighted by atomic mass is 10.1. The first-order chi connectivity index (χ1) is 15.6. The minimum Gasteiger partial charge on any atom is -0.496 e. The SMILES string of the molecule is COc1ccccc1CC(=O)N1C[C@H]2COC[C@@H]1CN(CCN1CCOCC1)C2.O=CO. The van der Waals surface area contributed by atoms with Crippen LogP contribution in [0.15, 0.2) is 24.3 Å². The molecule has 2 bridgehead atoms. The molecule has 3 saturated heterocycles. The van der Waals surface area contributed by atoms with Gasteiger partial charge in [-0.3, -0.25) is 19.4 Å². The van der Waals surface area contributed by atoms with E-state index in [1.807, 2.05) is 24.3 Å². The van der Waals surface area contributed by atoms with Crippen LogP contribution in [0.3, 0.4) is 0 Å². The zero-order valence-corrected chi connectivity index (χ0v) is 18.9. The number of ether oxygens (including phenoxy) is 3. The fourth-order valence-electron chi connectivity index (χ4n) is 4.65. The van der Waals surface area contributed by atoms with Crippen molar-refractivity contribution in [2.45, 2.75) is 12.5 Å². The molecule has 2 atom stereocenters. The minimum absolute atomic E-state index is 0.120. The van der Waals surface area contributed by atoms with Crippen molar-refractivity contribution in [2.24, 2.45) is 5.92 Å². The molecule has 3 aliphatic heterocycles. The average molecular weight is 450 g/mol. The molecule has 178 valence electrons. The highest BCUT2D eigenvalue weighted by Crippen LogP contribution is 2.23. The van der Waals surface area contributed by atoms with Gasteiger partial charge in [-0.1, -0.05) is 18.2 Å². The highest BCUT2D eigenvalue weighted by atomic mass is 16.5. The van der Waals surface area contributed by atoms with Crippen LogP contribution >= 0.6 is 0 Å². The number of hydrogen-bond acceptors (Lipinski definition) is 7. The molecule has 0 unspecified atom stereocenters. The molecule has 1 aromatic carbocycles. The lowest BCUT2D eigenvalue weighted by molar-refractivity contribution is -0.133. The lowest BCUT2D eigenvalue weighted by Gasteiger charge is -2.33. The summed E-state index contributed by atoms with van der Waals surface area (Å²) in [4.78, 5) is 28.7. The third-order valence-electron chi connectivity index (χ3n) is 6.24. The molecule has 0 saturated carbocycles. The van der Waals surface area contributed by atoms with Crippen molar-refractivity contribution in [3.05, 3.63) is 29.8 Å². The van der Waals surface area contributed by atoms with Crippen LogP contribution in [0.5, 0.6) is 5.75 Å². The molecule has 32 heavy (non-hydrogen) atoms. The van der Waals surface area contributed by atoms with Crippen molar-refractivity contribution in [3.63, 3.8) is 0 Å². The van der Waals surface area contributed by atoms with E-state index < -0.39 is 0 Å². The number of benzene rings is 1. The van der Waals surface area contributed by atoms with Crippen LogP contribution in [0.1, 0.15) is 5.56 Å². The van der Waals surface area contributed by atoms with E-state index >= 15 is 0 Å². The Balaban J connectivity index is 0.000000913. The van der Waals surface area contributed by atoms with Gasteiger partial charge in [0, 0.05) is 57.3 Å². The van der Waals surface area contributed by atoms with Gasteiger partial charge in [0.25, 0.3) is 6.47 Å². The van der Waals surface area contributed by atoms with Crippen LogP contribution < -0.4 is 4.74 Å². The molecule has 9 nitrogen and oxygen atoms in total. The van der Waals surface area contributed by atoms with E-state index in [2.05, 4.69) is 14.7 Å². The molecule has 0 aliphatic carbocycles. The number of amides is 1. The predicted molar refractivity (Wildman–Crippen MR) is 119 cm³/mol. The zero-order chi connectivity index (χ0) is 22.8. The van der Waals surface area contributed by atoms with E-state index in [1.54, 1.807) is 7.11 Å². The first-order valence-electron chi connectivity index (χ1n) is 11.2. The van der Waals surface area contributed by atoms with E-state index in [9.17, 15) is 4.79 Å². The number of nitrogens with zero attached hydrogens (tertiary/aromatic N) is 3. The third-order valence-corrected chi connectivity index (χ3v) is 6.24. The fourth-order valence-corrected chi connectivity index (χ4v) is 4.65. The van der Waals surface area contributed by atoms with Crippen molar-refractivity contribution in [3.8, 4) is 5.75 Å². The fraction of sp³-hybridized carbons (Fsp3) is 0.652. The van der Waals surface area contributed by atoms with E-state index in [0.29, 0.717) is 18.9 Å². The van der Waals surface area contributed by atoms with Crippen LogP contribution in [0.4, 0.5) is 0 Å². The first kappa shape index (κ1) is 24.4. The second kappa shape index (κ2) is 12.7.